The van der Waals surface area contributed by atoms with Crippen molar-refractivity contribution >= 4 is 17.5 Å². The zero-order valence-electron chi connectivity index (χ0n) is 12.1. The van der Waals surface area contributed by atoms with E-state index in [1.54, 1.807) is 11.9 Å². The molecule has 0 aromatic heterocycles. The maximum Gasteiger partial charge on any atom is 0.281 e. The fourth-order valence-electron chi connectivity index (χ4n) is 2.02. The van der Waals surface area contributed by atoms with E-state index in [0.717, 1.165) is 23.4 Å². The molecule has 20 heavy (non-hydrogen) atoms. The quantitative estimate of drug-likeness (QED) is 0.732. The van der Waals surface area contributed by atoms with Crippen molar-refractivity contribution in [2.45, 2.75) is 18.9 Å². The fraction of sp³-hybridized carbons (Fsp3) is 0.467. The second kappa shape index (κ2) is 6.52. The molecule has 1 atom stereocenters. The van der Waals surface area contributed by atoms with Crippen LogP contribution in [0, 0.1) is 0 Å². The number of anilines is 1. The van der Waals surface area contributed by atoms with Gasteiger partial charge in [0, 0.05) is 18.8 Å². The smallest absolute Gasteiger partial charge is 0.281 e. The lowest BCUT2D eigenvalue weighted by Crippen LogP contribution is -3.11. The van der Waals surface area contributed by atoms with Crippen LogP contribution < -0.4 is 15.1 Å². The Kier molecular flexibility index (Phi) is 4.74. The van der Waals surface area contributed by atoms with Crippen molar-refractivity contribution in [1.82, 2.24) is 5.32 Å². The number of quaternary nitrogens is 1. The number of para-hydroxylation sites is 1. The van der Waals surface area contributed by atoms with E-state index in [1.165, 1.54) is 0 Å². The molecule has 0 bridgehead atoms. The first-order valence-corrected chi connectivity index (χ1v) is 6.98. The molecule has 1 aromatic carbocycles. The molecule has 1 unspecified atom stereocenters. The Morgan fingerprint density at radius 1 is 1.25 bits per heavy atom. The zero-order chi connectivity index (χ0) is 14.5. The number of carbonyl (C=O) groups excluding carboxylic acids is 2. The van der Waals surface area contributed by atoms with Gasteiger partial charge in [-0.15, -0.1) is 0 Å². The third-order valence-electron chi connectivity index (χ3n) is 3.38. The number of benzene rings is 1. The van der Waals surface area contributed by atoms with Gasteiger partial charge in [0.15, 0.2) is 13.1 Å². The van der Waals surface area contributed by atoms with Gasteiger partial charge in [-0.05, 0) is 25.0 Å². The molecule has 2 amide bonds. The van der Waals surface area contributed by atoms with Crippen LogP contribution in [-0.2, 0) is 9.59 Å². The highest BCUT2D eigenvalue weighted by molar-refractivity contribution is 5.93. The molecule has 0 aliphatic heterocycles. The highest BCUT2D eigenvalue weighted by Crippen LogP contribution is 2.18. The molecule has 0 radical (unpaired) electrons. The predicted octanol–water partition coefficient (Wildman–Crippen LogP) is -0.557. The average Bonchev–Trinajstić information content (AvgIpc) is 3.22. The first-order valence-electron chi connectivity index (χ1n) is 6.98. The lowest BCUT2D eigenvalue weighted by Gasteiger charge is -2.19. The van der Waals surface area contributed by atoms with E-state index in [0.29, 0.717) is 19.1 Å². The monoisotopic (exact) mass is 276 g/mol. The van der Waals surface area contributed by atoms with Crippen LogP contribution >= 0.6 is 0 Å². The van der Waals surface area contributed by atoms with Gasteiger partial charge in [-0.25, -0.2) is 0 Å². The van der Waals surface area contributed by atoms with Gasteiger partial charge >= 0.3 is 0 Å². The average molecular weight is 276 g/mol. The standard InChI is InChI=1S/C15H21N3O2/c1-17(10-14(19)16-12-8-9-12)11-15(20)18(2)13-6-4-3-5-7-13/h3-7,12H,8-11H2,1-2H3,(H,16,19)/p+1. The summed E-state index contributed by atoms with van der Waals surface area (Å²) in [4.78, 5) is 26.3. The Morgan fingerprint density at radius 3 is 2.50 bits per heavy atom. The number of nitrogens with one attached hydrogen (secondary N) is 2. The topological polar surface area (TPSA) is 53.9 Å². The summed E-state index contributed by atoms with van der Waals surface area (Å²) in [5, 5.41) is 2.93. The van der Waals surface area contributed by atoms with E-state index < -0.39 is 0 Å². The van der Waals surface area contributed by atoms with Gasteiger partial charge in [-0.2, -0.15) is 0 Å². The van der Waals surface area contributed by atoms with Crippen molar-refractivity contribution in [3.05, 3.63) is 30.3 Å². The molecule has 0 spiro atoms. The molecule has 5 nitrogen and oxygen atoms in total. The number of likely N-dealkylation sites (N-methyl/N-ethyl adjacent to an activating group) is 2. The Morgan fingerprint density at radius 2 is 1.90 bits per heavy atom. The summed E-state index contributed by atoms with van der Waals surface area (Å²) >= 11 is 0. The normalized spacial score (nSPS) is 15.5. The number of amides is 2. The third-order valence-corrected chi connectivity index (χ3v) is 3.38. The molecule has 5 heteroatoms. The molecular weight excluding hydrogens is 254 g/mol. The highest BCUT2D eigenvalue weighted by atomic mass is 16.2. The minimum absolute atomic E-state index is 0.00734. The summed E-state index contributed by atoms with van der Waals surface area (Å²) in [6, 6.07) is 9.89. The molecular formula is C15H22N3O2+. The minimum Gasteiger partial charge on any atom is -0.348 e. The summed E-state index contributed by atoms with van der Waals surface area (Å²) in [6.45, 7) is 0.647. The van der Waals surface area contributed by atoms with Gasteiger partial charge in [0.25, 0.3) is 11.8 Å². The molecule has 2 rings (SSSR count). The van der Waals surface area contributed by atoms with Crippen molar-refractivity contribution < 1.29 is 14.5 Å². The van der Waals surface area contributed by atoms with Gasteiger partial charge < -0.3 is 15.1 Å². The van der Waals surface area contributed by atoms with Crippen molar-refractivity contribution in [2.75, 3.05) is 32.1 Å². The summed E-state index contributed by atoms with van der Waals surface area (Å²) in [5.41, 5.74) is 0.868. The maximum atomic E-state index is 12.1. The first kappa shape index (κ1) is 14.5. The van der Waals surface area contributed by atoms with E-state index >= 15 is 0 Å². The van der Waals surface area contributed by atoms with Crippen molar-refractivity contribution in [3.63, 3.8) is 0 Å². The van der Waals surface area contributed by atoms with Crippen LogP contribution in [0.2, 0.25) is 0 Å². The van der Waals surface area contributed by atoms with E-state index in [4.69, 9.17) is 0 Å². The van der Waals surface area contributed by atoms with E-state index in [-0.39, 0.29) is 11.8 Å². The third kappa shape index (κ3) is 4.35. The van der Waals surface area contributed by atoms with Crippen molar-refractivity contribution in [1.29, 1.82) is 0 Å². The Hall–Kier alpha value is -1.88. The molecule has 1 aliphatic rings. The molecule has 2 N–H and O–H groups in total. The predicted molar refractivity (Wildman–Crippen MR) is 77.6 cm³/mol. The molecule has 1 aromatic rings. The first-order chi connectivity index (χ1) is 9.56. The summed E-state index contributed by atoms with van der Waals surface area (Å²) in [6.07, 6.45) is 2.17. The molecule has 1 aliphatic carbocycles. The summed E-state index contributed by atoms with van der Waals surface area (Å²) in [5.74, 6) is 0.0353. The molecule has 1 fully saturated rings. The zero-order valence-corrected chi connectivity index (χ0v) is 12.1. The number of hydrogen-bond donors (Lipinski definition) is 2. The number of hydrogen-bond acceptors (Lipinski definition) is 2. The van der Waals surface area contributed by atoms with Crippen LogP contribution in [0.1, 0.15) is 12.8 Å². The SMILES string of the molecule is CN(C(=O)C[NH+](C)CC(=O)NC1CC1)c1ccccc1. The van der Waals surface area contributed by atoms with E-state index in [1.807, 2.05) is 37.4 Å². The number of nitrogens with zero attached hydrogens (tertiary/aromatic N) is 1. The van der Waals surface area contributed by atoms with Gasteiger partial charge in [0.05, 0.1) is 7.05 Å². The van der Waals surface area contributed by atoms with Crippen molar-refractivity contribution in [2.24, 2.45) is 0 Å². The lowest BCUT2D eigenvalue weighted by atomic mass is 10.3. The molecule has 1 saturated carbocycles. The Balaban J connectivity index is 1.79. The van der Waals surface area contributed by atoms with Gasteiger partial charge in [-0.1, -0.05) is 18.2 Å². The largest absolute Gasteiger partial charge is 0.348 e. The van der Waals surface area contributed by atoms with Gasteiger partial charge in [0.2, 0.25) is 0 Å². The molecule has 108 valence electrons. The Labute approximate surface area is 119 Å². The van der Waals surface area contributed by atoms with Crippen LogP contribution in [0.4, 0.5) is 5.69 Å². The minimum atomic E-state index is 0.00734. The summed E-state index contributed by atoms with van der Waals surface area (Å²) < 4.78 is 0. The Bertz CT molecular complexity index is 471. The highest BCUT2D eigenvalue weighted by Gasteiger charge is 2.25. The van der Waals surface area contributed by atoms with Crippen LogP contribution in [0.25, 0.3) is 0 Å². The number of carbonyl (C=O) groups is 2. The maximum absolute atomic E-state index is 12.1. The van der Waals surface area contributed by atoms with Crippen LogP contribution in [0.3, 0.4) is 0 Å². The van der Waals surface area contributed by atoms with Crippen LogP contribution in [0.5, 0.6) is 0 Å². The van der Waals surface area contributed by atoms with Crippen LogP contribution in [0.15, 0.2) is 30.3 Å². The number of rotatable bonds is 6. The fourth-order valence-corrected chi connectivity index (χ4v) is 2.02. The molecule has 0 saturated heterocycles. The van der Waals surface area contributed by atoms with E-state index in [2.05, 4.69) is 5.32 Å². The van der Waals surface area contributed by atoms with Gasteiger partial charge in [-0.3, -0.25) is 9.59 Å². The van der Waals surface area contributed by atoms with Gasteiger partial charge in [0.1, 0.15) is 0 Å². The summed E-state index contributed by atoms with van der Waals surface area (Å²) in [7, 11) is 3.62. The van der Waals surface area contributed by atoms with E-state index in [9.17, 15) is 9.59 Å². The second-order valence-corrected chi connectivity index (χ2v) is 5.44. The molecule has 0 heterocycles. The lowest BCUT2D eigenvalue weighted by molar-refractivity contribution is -0.862. The second-order valence-electron chi connectivity index (χ2n) is 5.44. The van der Waals surface area contributed by atoms with Crippen LogP contribution in [-0.4, -0.2) is 45.0 Å². The van der Waals surface area contributed by atoms with Crippen molar-refractivity contribution in [3.8, 4) is 0 Å².